The third kappa shape index (κ3) is 3.82. The molecule has 0 atom stereocenters. The molecule has 2 aliphatic rings. The second-order valence-electron chi connectivity index (χ2n) is 5.48. The second-order valence-corrected chi connectivity index (χ2v) is 7.57. The van der Waals surface area contributed by atoms with E-state index in [9.17, 15) is 8.42 Å². The summed E-state index contributed by atoms with van der Waals surface area (Å²) in [5.41, 5.74) is 5.95. The first-order chi connectivity index (χ1) is 8.99. The first kappa shape index (κ1) is 14.6. The van der Waals surface area contributed by atoms with Gasteiger partial charge in [-0.3, -0.25) is 4.99 Å². The minimum atomic E-state index is -3.01. The molecule has 0 aliphatic carbocycles. The van der Waals surface area contributed by atoms with Crippen molar-refractivity contribution in [3.63, 3.8) is 0 Å². The van der Waals surface area contributed by atoms with Crippen LogP contribution in [-0.2, 0) is 10.0 Å². The smallest absolute Gasteiger partial charge is 0.214 e. The molecule has 2 aliphatic heterocycles. The van der Waals surface area contributed by atoms with Gasteiger partial charge in [0.05, 0.1) is 12.3 Å². The van der Waals surface area contributed by atoms with Gasteiger partial charge in [-0.2, -0.15) is 0 Å². The van der Waals surface area contributed by atoms with Crippen molar-refractivity contribution in [1.82, 2.24) is 9.21 Å². The maximum Gasteiger partial charge on any atom is 0.214 e. The summed E-state index contributed by atoms with van der Waals surface area (Å²) in [6, 6.07) is 0. The monoisotopic (exact) mass is 288 g/mol. The zero-order valence-corrected chi connectivity index (χ0v) is 12.4. The number of nitrogens with two attached hydrogens (primary N) is 1. The lowest BCUT2D eigenvalue weighted by Crippen LogP contribution is -2.43. The van der Waals surface area contributed by atoms with Crippen LogP contribution in [-0.4, -0.2) is 62.1 Å². The number of aliphatic imine (C=N–C) groups is 1. The molecule has 0 bridgehead atoms. The Balaban J connectivity index is 1.79. The molecule has 0 aromatic rings. The Hall–Kier alpha value is -0.820. The molecule has 2 heterocycles. The molecule has 0 amide bonds. The van der Waals surface area contributed by atoms with E-state index in [-0.39, 0.29) is 5.75 Å². The van der Waals surface area contributed by atoms with Crippen LogP contribution in [0.3, 0.4) is 0 Å². The zero-order valence-electron chi connectivity index (χ0n) is 11.6. The highest BCUT2D eigenvalue weighted by Gasteiger charge is 2.27. The Bertz CT molecular complexity index is 427. The number of hydrogen-bond donors (Lipinski definition) is 1. The number of likely N-dealkylation sites (tertiary alicyclic amines) is 1. The number of nitrogens with zero attached hydrogens (tertiary/aromatic N) is 3. The van der Waals surface area contributed by atoms with Gasteiger partial charge < -0.3 is 10.6 Å². The Kier molecular flexibility index (Phi) is 4.67. The quantitative estimate of drug-likeness (QED) is 0.589. The molecule has 0 radical (unpaired) electrons. The molecule has 0 aromatic carbocycles. The van der Waals surface area contributed by atoms with Gasteiger partial charge in [-0.25, -0.2) is 12.7 Å². The Morgan fingerprint density at radius 2 is 2.00 bits per heavy atom. The van der Waals surface area contributed by atoms with Gasteiger partial charge in [0.25, 0.3) is 0 Å². The Morgan fingerprint density at radius 1 is 1.32 bits per heavy atom. The Morgan fingerprint density at radius 3 is 2.58 bits per heavy atom. The highest BCUT2D eigenvalue weighted by molar-refractivity contribution is 7.89. The van der Waals surface area contributed by atoms with Crippen LogP contribution >= 0.6 is 0 Å². The topological polar surface area (TPSA) is 79.0 Å². The summed E-state index contributed by atoms with van der Waals surface area (Å²) in [4.78, 5) is 6.41. The van der Waals surface area contributed by atoms with Crippen molar-refractivity contribution in [3.05, 3.63) is 0 Å². The van der Waals surface area contributed by atoms with Crippen molar-refractivity contribution in [1.29, 1.82) is 0 Å². The van der Waals surface area contributed by atoms with E-state index in [0.717, 1.165) is 38.3 Å². The van der Waals surface area contributed by atoms with Gasteiger partial charge >= 0.3 is 0 Å². The Labute approximate surface area is 115 Å². The van der Waals surface area contributed by atoms with Crippen LogP contribution < -0.4 is 5.73 Å². The van der Waals surface area contributed by atoms with E-state index in [2.05, 4.69) is 16.8 Å². The average Bonchev–Trinajstić information content (AvgIpc) is 2.69. The summed E-state index contributed by atoms with van der Waals surface area (Å²) in [5, 5.41) is 0. The van der Waals surface area contributed by atoms with Crippen LogP contribution in [0, 0.1) is 5.92 Å². The molecule has 7 heteroatoms. The molecule has 0 unspecified atom stereocenters. The maximum absolute atomic E-state index is 11.6. The summed E-state index contributed by atoms with van der Waals surface area (Å²) in [6.45, 7) is 5.70. The standard InChI is InChI=1S/C12H24N4O2S/c1-11-3-7-15(8-4-11)12(13)14-5-9-16-6-2-10-19(16,17)18/h11H,2-10H2,1H3,(H2,13,14). The largest absolute Gasteiger partial charge is 0.370 e. The number of hydrogen-bond acceptors (Lipinski definition) is 3. The summed E-state index contributed by atoms with van der Waals surface area (Å²) in [7, 11) is -3.01. The van der Waals surface area contributed by atoms with Crippen molar-refractivity contribution < 1.29 is 8.42 Å². The first-order valence-electron chi connectivity index (χ1n) is 7.02. The predicted octanol–water partition coefficient (Wildman–Crippen LogP) is 0.0685. The predicted molar refractivity (Wildman–Crippen MR) is 76.4 cm³/mol. The summed E-state index contributed by atoms with van der Waals surface area (Å²) >= 11 is 0. The molecule has 19 heavy (non-hydrogen) atoms. The minimum Gasteiger partial charge on any atom is -0.370 e. The van der Waals surface area contributed by atoms with Crippen molar-refractivity contribution >= 4 is 16.0 Å². The van der Waals surface area contributed by atoms with Gasteiger partial charge in [0.2, 0.25) is 10.0 Å². The maximum atomic E-state index is 11.6. The highest BCUT2D eigenvalue weighted by Crippen LogP contribution is 2.15. The molecule has 6 nitrogen and oxygen atoms in total. The number of rotatable bonds is 3. The fourth-order valence-corrected chi connectivity index (χ4v) is 4.08. The van der Waals surface area contributed by atoms with Crippen molar-refractivity contribution in [2.45, 2.75) is 26.2 Å². The van der Waals surface area contributed by atoms with E-state index in [1.54, 1.807) is 0 Å². The summed E-state index contributed by atoms with van der Waals surface area (Å²) in [6.07, 6.45) is 3.03. The summed E-state index contributed by atoms with van der Waals surface area (Å²) < 4.78 is 24.7. The van der Waals surface area contributed by atoms with Gasteiger partial charge in [0.15, 0.2) is 5.96 Å². The van der Waals surface area contributed by atoms with Gasteiger partial charge in [0, 0.05) is 26.2 Å². The number of guanidine groups is 1. The molecule has 2 fully saturated rings. The zero-order chi connectivity index (χ0) is 13.9. The average molecular weight is 288 g/mol. The van der Waals surface area contributed by atoms with Crippen LogP contribution in [0.2, 0.25) is 0 Å². The third-order valence-corrected chi connectivity index (χ3v) is 5.89. The van der Waals surface area contributed by atoms with E-state index < -0.39 is 10.0 Å². The third-order valence-electron chi connectivity index (χ3n) is 3.93. The van der Waals surface area contributed by atoms with Crippen molar-refractivity contribution in [3.8, 4) is 0 Å². The minimum absolute atomic E-state index is 0.274. The second kappa shape index (κ2) is 6.09. The molecule has 2 N–H and O–H groups in total. The lowest BCUT2D eigenvalue weighted by molar-refractivity contribution is 0.277. The molecule has 2 rings (SSSR count). The number of sulfonamides is 1. The lowest BCUT2D eigenvalue weighted by Gasteiger charge is -2.31. The van der Waals surface area contributed by atoms with E-state index in [4.69, 9.17) is 5.73 Å². The fraction of sp³-hybridized carbons (Fsp3) is 0.917. The van der Waals surface area contributed by atoms with Crippen LogP contribution in [0.25, 0.3) is 0 Å². The van der Waals surface area contributed by atoms with Gasteiger partial charge in [-0.15, -0.1) is 0 Å². The van der Waals surface area contributed by atoms with E-state index in [1.165, 1.54) is 4.31 Å². The molecule has 110 valence electrons. The molecular formula is C12H24N4O2S. The van der Waals surface area contributed by atoms with Crippen LogP contribution in [0.1, 0.15) is 26.2 Å². The highest BCUT2D eigenvalue weighted by atomic mass is 32.2. The van der Waals surface area contributed by atoms with Crippen LogP contribution in [0.4, 0.5) is 0 Å². The molecule has 2 saturated heterocycles. The van der Waals surface area contributed by atoms with Gasteiger partial charge in [0.1, 0.15) is 0 Å². The fourth-order valence-electron chi connectivity index (χ4n) is 2.56. The molecule has 0 aromatic heterocycles. The molecular weight excluding hydrogens is 264 g/mol. The normalized spacial score (nSPS) is 25.9. The lowest BCUT2D eigenvalue weighted by atomic mass is 10.00. The van der Waals surface area contributed by atoms with E-state index in [1.807, 2.05) is 0 Å². The van der Waals surface area contributed by atoms with Crippen molar-refractivity contribution in [2.75, 3.05) is 38.5 Å². The van der Waals surface area contributed by atoms with Crippen LogP contribution in [0.5, 0.6) is 0 Å². The van der Waals surface area contributed by atoms with E-state index in [0.29, 0.717) is 25.6 Å². The molecule has 0 spiro atoms. The first-order valence-corrected chi connectivity index (χ1v) is 8.62. The van der Waals surface area contributed by atoms with Gasteiger partial charge in [-0.1, -0.05) is 6.92 Å². The van der Waals surface area contributed by atoms with E-state index >= 15 is 0 Å². The van der Waals surface area contributed by atoms with Crippen LogP contribution in [0.15, 0.2) is 4.99 Å². The van der Waals surface area contributed by atoms with Gasteiger partial charge in [-0.05, 0) is 25.2 Å². The number of piperidine rings is 1. The van der Waals surface area contributed by atoms with Crippen molar-refractivity contribution in [2.24, 2.45) is 16.6 Å². The summed E-state index contributed by atoms with van der Waals surface area (Å²) in [5.74, 6) is 1.60. The molecule has 0 saturated carbocycles. The SMILES string of the molecule is CC1CCN(C(N)=NCCN2CCCS2(=O)=O)CC1.